The molecule has 17 heavy (non-hydrogen) atoms. The maximum atomic E-state index is 5.83. The molecule has 1 fully saturated rings. The van der Waals surface area contributed by atoms with E-state index in [-0.39, 0.29) is 0 Å². The van der Waals surface area contributed by atoms with Gasteiger partial charge in [-0.05, 0) is 62.0 Å². The van der Waals surface area contributed by atoms with Gasteiger partial charge in [0.2, 0.25) is 0 Å². The number of halogens is 1. The topological polar surface area (TPSA) is 29.3 Å². The van der Waals surface area contributed by atoms with Crippen LogP contribution in [0.25, 0.3) is 0 Å². The SMILES string of the molecule is Cc1ccc(Br)cc1CN(C)CC1(CN)CC1. The summed E-state index contributed by atoms with van der Waals surface area (Å²) in [6, 6.07) is 6.48. The standard InChI is InChI=1S/C14H21BrN2/c1-11-3-4-13(15)7-12(11)8-17(2)10-14(9-16)5-6-14/h3-4,7H,5-6,8-10,16H2,1-2H3. The lowest BCUT2D eigenvalue weighted by molar-refractivity contribution is 0.259. The fraction of sp³-hybridized carbons (Fsp3) is 0.571. The third kappa shape index (κ3) is 3.30. The zero-order chi connectivity index (χ0) is 12.5. The molecule has 94 valence electrons. The zero-order valence-corrected chi connectivity index (χ0v) is 12.3. The van der Waals surface area contributed by atoms with Crippen LogP contribution in [0.5, 0.6) is 0 Å². The lowest BCUT2D eigenvalue weighted by Gasteiger charge is -2.23. The van der Waals surface area contributed by atoms with E-state index in [9.17, 15) is 0 Å². The van der Waals surface area contributed by atoms with E-state index in [0.717, 1.165) is 24.1 Å². The number of benzene rings is 1. The van der Waals surface area contributed by atoms with E-state index in [2.05, 4.69) is 53.0 Å². The van der Waals surface area contributed by atoms with Crippen molar-refractivity contribution in [2.24, 2.45) is 11.1 Å². The fourth-order valence-corrected chi connectivity index (χ4v) is 2.74. The predicted octanol–water partition coefficient (Wildman–Crippen LogP) is 2.93. The van der Waals surface area contributed by atoms with Crippen LogP contribution in [0.3, 0.4) is 0 Å². The molecule has 0 spiro atoms. The molecular weight excluding hydrogens is 276 g/mol. The second-order valence-corrected chi connectivity index (χ2v) is 6.36. The number of aryl methyl sites for hydroxylation is 1. The van der Waals surface area contributed by atoms with Gasteiger partial charge in [-0.1, -0.05) is 22.0 Å². The lowest BCUT2D eigenvalue weighted by atomic mass is 10.1. The molecule has 0 saturated heterocycles. The highest BCUT2D eigenvalue weighted by molar-refractivity contribution is 9.10. The average Bonchev–Trinajstić information content (AvgIpc) is 3.04. The van der Waals surface area contributed by atoms with Crippen LogP contribution in [-0.2, 0) is 6.54 Å². The van der Waals surface area contributed by atoms with Gasteiger partial charge in [-0.25, -0.2) is 0 Å². The molecule has 1 aliphatic carbocycles. The first-order chi connectivity index (χ1) is 8.04. The van der Waals surface area contributed by atoms with Gasteiger partial charge in [0.05, 0.1) is 0 Å². The van der Waals surface area contributed by atoms with Crippen molar-refractivity contribution >= 4 is 15.9 Å². The second kappa shape index (κ2) is 5.09. The highest BCUT2D eigenvalue weighted by atomic mass is 79.9. The number of hydrogen-bond donors (Lipinski definition) is 1. The first-order valence-corrected chi connectivity index (χ1v) is 6.98. The van der Waals surface area contributed by atoms with Crippen molar-refractivity contribution < 1.29 is 0 Å². The first kappa shape index (κ1) is 13.1. The lowest BCUT2D eigenvalue weighted by Crippen LogP contribution is -2.31. The molecule has 0 heterocycles. The van der Waals surface area contributed by atoms with E-state index in [0.29, 0.717) is 5.41 Å². The molecule has 1 aliphatic rings. The zero-order valence-electron chi connectivity index (χ0n) is 10.7. The summed E-state index contributed by atoms with van der Waals surface area (Å²) in [4.78, 5) is 2.40. The third-order valence-electron chi connectivity index (χ3n) is 3.75. The molecule has 0 bridgehead atoms. The summed E-state index contributed by atoms with van der Waals surface area (Å²) >= 11 is 3.54. The normalized spacial score (nSPS) is 17.5. The highest BCUT2D eigenvalue weighted by Crippen LogP contribution is 2.45. The molecule has 1 saturated carbocycles. The molecule has 2 rings (SSSR count). The molecule has 0 amide bonds. The van der Waals surface area contributed by atoms with Gasteiger partial charge in [-0.3, -0.25) is 0 Å². The Bertz CT molecular complexity index is 399. The number of nitrogens with two attached hydrogens (primary N) is 1. The van der Waals surface area contributed by atoms with Gasteiger partial charge >= 0.3 is 0 Å². The van der Waals surface area contributed by atoms with E-state index >= 15 is 0 Å². The summed E-state index contributed by atoms with van der Waals surface area (Å²) in [5, 5.41) is 0. The van der Waals surface area contributed by atoms with Crippen LogP contribution in [0.2, 0.25) is 0 Å². The van der Waals surface area contributed by atoms with E-state index < -0.39 is 0 Å². The minimum atomic E-state index is 0.425. The monoisotopic (exact) mass is 296 g/mol. The number of rotatable bonds is 5. The van der Waals surface area contributed by atoms with Crippen molar-refractivity contribution in [2.75, 3.05) is 20.1 Å². The smallest absolute Gasteiger partial charge is 0.0233 e. The minimum Gasteiger partial charge on any atom is -0.330 e. The Labute approximate surface area is 112 Å². The van der Waals surface area contributed by atoms with E-state index in [1.165, 1.54) is 24.0 Å². The van der Waals surface area contributed by atoms with Crippen molar-refractivity contribution in [1.29, 1.82) is 0 Å². The van der Waals surface area contributed by atoms with Crippen LogP contribution in [0, 0.1) is 12.3 Å². The van der Waals surface area contributed by atoms with Gasteiger partial charge in [0, 0.05) is 17.6 Å². The van der Waals surface area contributed by atoms with E-state index in [4.69, 9.17) is 5.73 Å². The van der Waals surface area contributed by atoms with Gasteiger partial charge in [-0.2, -0.15) is 0 Å². The molecule has 0 aromatic heterocycles. The van der Waals surface area contributed by atoms with Gasteiger partial charge in [0.1, 0.15) is 0 Å². The molecule has 0 atom stereocenters. The molecular formula is C14H21BrN2. The van der Waals surface area contributed by atoms with Gasteiger partial charge in [0.15, 0.2) is 0 Å². The second-order valence-electron chi connectivity index (χ2n) is 5.45. The van der Waals surface area contributed by atoms with Crippen LogP contribution >= 0.6 is 15.9 Å². The van der Waals surface area contributed by atoms with E-state index in [1.807, 2.05) is 0 Å². The molecule has 1 aromatic rings. The van der Waals surface area contributed by atoms with Crippen molar-refractivity contribution in [1.82, 2.24) is 4.90 Å². The highest BCUT2D eigenvalue weighted by Gasteiger charge is 2.41. The average molecular weight is 297 g/mol. The maximum absolute atomic E-state index is 5.83. The van der Waals surface area contributed by atoms with Crippen LogP contribution in [-0.4, -0.2) is 25.0 Å². The summed E-state index contributed by atoms with van der Waals surface area (Å²) in [5.74, 6) is 0. The Kier molecular flexibility index (Phi) is 3.91. The van der Waals surface area contributed by atoms with Crippen LogP contribution in [0.15, 0.2) is 22.7 Å². The summed E-state index contributed by atoms with van der Waals surface area (Å²) < 4.78 is 1.16. The molecule has 1 aromatic carbocycles. The predicted molar refractivity (Wildman–Crippen MR) is 75.9 cm³/mol. The Hall–Kier alpha value is -0.380. The van der Waals surface area contributed by atoms with Crippen molar-refractivity contribution in [3.05, 3.63) is 33.8 Å². The third-order valence-corrected chi connectivity index (χ3v) is 4.24. The Morgan fingerprint density at radius 3 is 2.71 bits per heavy atom. The van der Waals surface area contributed by atoms with Crippen molar-refractivity contribution in [3.63, 3.8) is 0 Å². The van der Waals surface area contributed by atoms with Crippen LogP contribution in [0.1, 0.15) is 24.0 Å². The van der Waals surface area contributed by atoms with Crippen molar-refractivity contribution in [3.8, 4) is 0 Å². The fourth-order valence-electron chi connectivity index (χ4n) is 2.33. The van der Waals surface area contributed by atoms with Gasteiger partial charge in [0.25, 0.3) is 0 Å². The Balaban J connectivity index is 1.98. The molecule has 2 nitrogen and oxygen atoms in total. The number of nitrogens with zero attached hydrogens (tertiary/aromatic N) is 1. The quantitative estimate of drug-likeness (QED) is 0.905. The van der Waals surface area contributed by atoms with Crippen molar-refractivity contribution in [2.45, 2.75) is 26.3 Å². The minimum absolute atomic E-state index is 0.425. The molecule has 2 N–H and O–H groups in total. The summed E-state index contributed by atoms with van der Waals surface area (Å²) in [5.41, 5.74) is 9.01. The number of hydrogen-bond acceptors (Lipinski definition) is 2. The maximum Gasteiger partial charge on any atom is 0.0233 e. The summed E-state index contributed by atoms with van der Waals surface area (Å²) in [6.45, 7) is 5.13. The van der Waals surface area contributed by atoms with Crippen LogP contribution in [0.4, 0.5) is 0 Å². The largest absolute Gasteiger partial charge is 0.330 e. The Morgan fingerprint density at radius 1 is 1.41 bits per heavy atom. The molecule has 0 radical (unpaired) electrons. The van der Waals surface area contributed by atoms with Crippen LogP contribution < -0.4 is 5.73 Å². The summed E-state index contributed by atoms with van der Waals surface area (Å²) in [6.07, 6.45) is 2.59. The summed E-state index contributed by atoms with van der Waals surface area (Å²) in [7, 11) is 2.19. The molecule has 0 unspecified atom stereocenters. The first-order valence-electron chi connectivity index (χ1n) is 6.18. The van der Waals surface area contributed by atoms with Gasteiger partial charge in [-0.15, -0.1) is 0 Å². The molecule has 0 aliphatic heterocycles. The Morgan fingerprint density at radius 2 is 2.12 bits per heavy atom. The van der Waals surface area contributed by atoms with E-state index in [1.54, 1.807) is 0 Å². The molecule has 3 heteroatoms. The van der Waals surface area contributed by atoms with Gasteiger partial charge < -0.3 is 10.6 Å².